The molecule has 0 amide bonds. The smallest absolute Gasteiger partial charge is 0.0753 e. The highest BCUT2D eigenvalue weighted by atomic mass is 16.3. The molecule has 1 heterocycles. The van der Waals surface area contributed by atoms with Gasteiger partial charge in [-0.25, -0.2) is 0 Å². The Bertz CT molecular complexity index is 220. The van der Waals surface area contributed by atoms with Gasteiger partial charge in [0.25, 0.3) is 0 Å². The van der Waals surface area contributed by atoms with Crippen molar-refractivity contribution in [1.29, 1.82) is 0 Å². The molecule has 0 radical (unpaired) electrons. The fourth-order valence-electron chi connectivity index (χ4n) is 2.24. The van der Waals surface area contributed by atoms with Crippen molar-refractivity contribution in [3.05, 3.63) is 0 Å². The molecular formula is C13H28N2O. The summed E-state index contributed by atoms with van der Waals surface area (Å²) in [7, 11) is 0. The minimum absolute atomic E-state index is 0.351. The van der Waals surface area contributed by atoms with Gasteiger partial charge in [0, 0.05) is 19.6 Å². The Kier molecular flexibility index (Phi) is 4.38. The Labute approximate surface area is 100 Å². The molecule has 0 aliphatic carbocycles. The average Bonchev–Trinajstić information content (AvgIpc) is 2.63. The van der Waals surface area contributed by atoms with Crippen LogP contribution < -0.4 is 5.73 Å². The maximum Gasteiger partial charge on any atom is 0.0753 e. The van der Waals surface area contributed by atoms with E-state index in [1.807, 2.05) is 6.92 Å². The van der Waals surface area contributed by atoms with E-state index in [0.29, 0.717) is 12.0 Å². The Morgan fingerprint density at radius 3 is 2.38 bits per heavy atom. The van der Waals surface area contributed by atoms with E-state index >= 15 is 0 Å². The van der Waals surface area contributed by atoms with Crippen LogP contribution in [0.4, 0.5) is 0 Å². The molecule has 1 saturated heterocycles. The van der Waals surface area contributed by atoms with Crippen molar-refractivity contribution in [3.63, 3.8) is 0 Å². The average molecular weight is 228 g/mol. The topological polar surface area (TPSA) is 49.5 Å². The molecule has 0 bridgehead atoms. The van der Waals surface area contributed by atoms with Crippen molar-refractivity contribution in [2.45, 2.75) is 46.1 Å². The third kappa shape index (κ3) is 4.04. The van der Waals surface area contributed by atoms with Crippen LogP contribution in [0, 0.1) is 11.3 Å². The summed E-state index contributed by atoms with van der Waals surface area (Å²) in [6.07, 6.45) is 2.06. The summed E-state index contributed by atoms with van der Waals surface area (Å²) >= 11 is 0. The fraction of sp³-hybridized carbons (Fsp3) is 1.00. The summed E-state index contributed by atoms with van der Waals surface area (Å²) in [6, 6.07) is 0. The second-order valence-corrected chi connectivity index (χ2v) is 6.60. The molecular weight excluding hydrogens is 200 g/mol. The van der Waals surface area contributed by atoms with Crippen molar-refractivity contribution in [2.24, 2.45) is 17.1 Å². The van der Waals surface area contributed by atoms with Gasteiger partial charge in [-0.1, -0.05) is 20.8 Å². The van der Waals surface area contributed by atoms with E-state index in [1.54, 1.807) is 0 Å². The van der Waals surface area contributed by atoms with Gasteiger partial charge in [0.05, 0.1) is 5.60 Å². The zero-order valence-corrected chi connectivity index (χ0v) is 11.3. The quantitative estimate of drug-likeness (QED) is 0.766. The van der Waals surface area contributed by atoms with E-state index in [-0.39, 0.29) is 0 Å². The highest BCUT2D eigenvalue weighted by Gasteiger charge is 2.32. The number of rotatable bonds is 4. The molecule has 2 unspecified atom stereocenters. The summed E-state index contributed by atoms with van der Waals surface area (Å²) < 4.78 is 0. The first-order valence-electron chi connectivity index (χ1n) is 6.39. The minimum Gasteiger partial charge on any atom is -0.389 e. The number of likely N-dealkylation sites (tertiary alicyclic amines) is 1. The van der Waals surface area contributed by atoms with E-state index in [4.69, 9.17) is 5.73 Å². The van der Waals surface area contributed by atoms with Gasteiger partial charge in [0.2, 0.25) is 0 Å². The van der Waals surface area contributed by atoms with Gasteiger partial charge < -0.3 is 15.7 Å². The van der Waals surface area contributed by atoms with Crippen LogP contribution in [0.15, 0.2) is 0 Å². The van der Waals surface area contributed by atoms with E-state index in [1.165, 1.54) is 19.5 Å². The molecule has 3 heteroatoms. The maximum absolute atomic E-state index is 9.86. The third-order valence-corrected chi connectivity index (χ3v) is 3.90. The van der Waals surface area contributed by atoms with Gasteiger partial charge in [-0.05, 0) is 37.6 Å². The molecule has 1 rings (SSSR count). The third-order valence-electron chi connectivity index (χ3n) is 3.90. The van der Waals surface area contributed by atoms with Crippen molar-refractivity contribution >= 4 is 0 Å². The van der Waals surface area contributed by atoms with Crippen LogP contribution >= 0.6 is 0 Å². The molecule has 2 atom stereocenters. The molecule has 0 aromatic rings. The van der Waals surface area contributed by atoms with Gasteiger partial charge in [0.1, 0.15) is 0 Å². The Morgan fingerprint density at radius 2 is 1.94 bits per heavy atom. The van der Waals surface area contributed by atoms with Crippen LogP contribution in [0.2, 0.25) is 0 Å². The lowest BCUT2D eigenvalue weighted by Crippen LogP contribution is -2.38. The lowest BCUT2D eigenvalue weighted by molar-refractivity contribution is 0.0492. The first kappa shape index (κ1) is 13.9. The van der Waals surface area contributed by atoms with Gasteiger partial charge in [-0.15, -0.1) is 0 Å². The SMILES string of the molecule is CC(O)(CN)CCN1CCC(C(C)(C)C)C1. The largest absolute Gasteiger partial charge is 0.389 e. The molecule has 0 aromatic heterocycles. The summed E-state index contributed by atoms with van der Waals surface area (Å²) in [5.41, 5.74) is 5.23. The second kappa shape index (κ2) is 5.03. The summed E-state index contributed by atoms with van der Waals surface area (Å²) in [5, 5.41) is 9.86. The van der Waals surface area contributed by atoms with Crippen LogP contribution in [-0.4, -0.2) is 41.8 Å². The molecule has 0 saturated carbocycles. The Morgan fingerprint density at radius 1 is 1.31 bits per heavy atom. The Hall–Kier alpha value is -0.120. The number of nitrogens with zero attached hydrogens (tertiary/aromatic N) is 1. The van der Waals surface area contributed by atoms with Crippen LogP contribution in [0.25, 0.3) is 0 Å². The molecule has 3 N–H and O–H groups in total. The molecule has 3 nitrogen and oxygen atoms in total. The van der Waals surface area contributed by atoms with Crippen LogP contribution in [0.3, 0.4) is 0 Å². The van der Waals surface area contributed by atoms with Gasteiger partial charge in [-0.3, -0.25) is 0 Å². The standard InChI is InChI=1S/C13H28N2O/c1-12(2,3)11-5-7-15(9-11)8-6-13(4,16)10-14/h11,16H,5-10,14H2,1-4H3. The van der Waals surface area contributed by atoms with Crippen LogP contribution in [0.1, 0.15) is 40.5 Å². The molecule has 1 aliphatic heterocycles. The van der Waals surface area contributed by atoms with Gasteiger partial charge >= 0.3 is 0 Å². The highest BCUT2D eigenvalue weighted by molar-refractivity contribution is 4.85. The monoisotopic (exact) mass is 228 g/mol. The predicted molar refractivity (Wildman–Crippen MR) is 68.3 cm³/mol. The van der Waals surface area contributed by atoms with E-state index in [0.717, 1.165) is 18.9 Å². The first-order chi connectivity index (χ1) is 7.24. The van der Waals surface area contributed by atoms with Crippen molar-refractivity contribution in [3.8, 4) is 0 Å². The molecule has 0 aromatic carbocycles. The first-order valence-corrected chi connectivity index (χ1v) is 6.39. The number of hydrogen-bond acceptors (Lipinski definition) is 3. The molecule has 1 fully saturated rings. The van der Waals surface area contributed by atoms with Gasteiger partial charge in [0.15, 0.2) is 0 Å². The fourth-order valence-corrected chi connectivity index (χ4v) is 2.24. The molecule has 16 heavy (non-hydrogen) atoms. The highest BCUT2D eigenvalue weighted by Crippen LogP contribution is 2.33. The van der Waals surface area contributed by atoms with Crippen molar-refractivity contribution < 1.29 is 5.11 Å². The zero-order chi connectivity index (χ0) is 12.4. The summed E-state index contributed by atoms with van der Waals surface area (Å²) in [5.74, 6) is 0.787. The predicted octanol–water partition coefficient (Wildman–Crippen LogP) is 1.45. The molecule has 0 spiro atoms. The zero-order valence-electron chi connectivity index (χ0n) is 11.3. The number of nitrogens with two attached hydrogens (primary N) is 1. The number of hydrogen-bond donors (Lipinski definition) is 2. The van der Waals surface area contributed by atoms with E-state index in [2.05, 4.69) is 25.7 Å². The summed E-state index contributed by atoms with van der Waals surface area (Å²) in [4.78, 5) is 2.46. The Balaban J connectivity index is 2.32. The second-order valence-electron chi connectivity index (χ2n) is 6.60. The van der Waals surface area contributed by atoms with Crippen molar-refractivity contribution in [2.75, 3.05) is 26.2 Å². The lowest BCUT2D eigenvalue weighted by atomic mass is 9.80. The molecule has 96 valence electrons. The minimum atomic E-state index is -0.695. The number of aliphatic hydroxyl groups is 1. The van der Waals surface area contributed by atoms with Gasteiger partial charge in [-0.2, -0.15) is 0 Å². The van der Waals surface area contributed by atoms with Crippen LogP contribution in [0.5, 0.6) is 0 Å². The van der Waals surface area contributed by atoms with E-state index in [9.17, 15) is 5.11 Å². The van der Waals surface area contributed by atoms with Crippen molar-refractivity contribution in [1.82, 2.24) is 4.90 Å². The van der Waals surface area contributed by atoms with Crippen LogP contribution in [-0.2, 0) is 0 Å². The van der Waals surface area contributed by atoms with E-state index < -0.39 is 5.60 Å². The maximum atomic E-state index is 9.86. The summed E-state index contributed by atoms with van der Waals surface area (Å²) in [6.45, 7) is 12.4. The lowest BCUT2D eigenvalue weighted by Gasteiger charge is -2.28. The normalized spacial score (nSPS) is 27.0. The molecule has 1 aliphatic rings.